The molecule has 98 valence electrons. The number of carbonyl (C=O) groups excluding carboxylic acids is 1. The molecular weight excluding hydrogens is 252 g/mol. The fraction of sp³-hybridized carbons (Fsp3) is 0.462. The Balaban J connectivity index is 2.26. The van der Waals surface area contributed by atoms with Gasteiger partial charge in [-0.1, -0.05) is 19.1 Å². The molecule has 0 amide bonds. The SMILES string of the molecule is CCS(=O)(=O)[C@H]1[C@H](C=O)[C@@H]1c1ccc(OC)cc1. The summed E-state index contributed by atoms with van der Waals surface area (Å²) in [7, 11) is -1.59. The van der Waals surface area contributed by atoms with E-state index in [9.17, 15) is 13.2 Å². The molecule has 0 aromatic heterocycles. The fourth-order valence-electron chi connectivity index (χ4n) is 2.36. The highest BCUT2D eigenvalue weighted by Crippen LogP contribution is 2.51. The molecule has 4 nitrogen and oxygen atoms in total. The maximum Gasteiger partial charge on any atom is 0.154 e. The van der Waals surface area contributed by atoms with Gasteiger partial charge in [-0.15, -0.1) is 0 Å². The van der Waals surface area contributed by atoms with Gasteiger partial charge in [-0.05, 0) is 17.7 Å². The van der Waals surface area contributed by atoms with Gasteiger partial charge in [0.25, 0.3) is 0 Å². The first-order valence-corrected chi connectivity index (χ1v) is 7.57. The first-order chi connectivity index (χ1) is 8.55. The summed E-state index contributed by atoms with van der Waals surface area (Å²) < 4.78 is 28.8. The van der Waals surface area contributed by atoms with Gasteiger partial charge in [0.2, 0.25) is 0 Å². The zero-order valence-electron chi connectivity index (χ0n) is 10.4. The van der Waals surface area contributed by atoms with Gasteiger partial charge >= 0.3 is 0 Å². The van der Waals surface area contributed by atoms with Crippen LogP contribution >= 0.6 is 0 Å². The van der Waals surface area contributed by atoms with Crippen molar-refractivity contribution >= 4 is 16.1 Å². The zero-order valence-corrected chi connectivity index (χ0v) is 11.2. The number of methoxy groups -OCH3 is 1. The number of rotatable bonds is 5. The predicted octanol–water partition coefficient (Wildman–Crippen LogP) is 1.41. The molecule has 0 heterocycles. The Bertz CT molecular complexity index is 533. The second-order valence-corrected chi connectivity index (χ2v) is 6.88. The Labute approximate surface area is 107 Å². The summed E-state index contributed by atoms with van der Waals surface area (Å²) in [6.45, 7) is 1.61. The summed E-state index contributed by atoms with van der Waals surface area (Å²) in [6, 6.07) is 7.21. The quantitative estimate of drug-likeness (QED) is 0.758. The molecule has 1 aliphatic carbocycles. The van der Waals surface area contributed by atoms with Crippen molar-refractivity contribution in [2.45, 2.75) is 18.1 Å². The van der Waals surface area contributed by atoms with E-state index in [0.717, 1.165) is 17.6 Å². The van der Waals surface area contributed by atoms with Crippen LogP contribution in [-0.4, -0.2) is 32.8 Å². The summed E-state index contributed by atoms with van der Waals surface area (Å²) >= 11 is 0. The van der Waals surface area contributed by atoms with E-state index in [1.807, 2.05) is 12.1 Å². The first kappa shape index (κ1) is 13.1. The molecule has 0 N–H and O–H groups in total. The normalized spacial score (nSPS) is 26.7. The van der Waals surface area contributed by atoms with Crippen LogP contribution in [0, 0.1) is 5.92 Å². The third-order valence-corrected chi connectivity index (χ3v) is 5.72. The lowest BCUT2D eigenvalue weighted by molar-refractivity contribution is -0.108. The van der Waals surface area contributed by atoms with E-state index >= 15 is 0 Å². The molecule has 0 radical (unpaired) electrons. The molecule has 0 saturated heterocycles. The average molecular weight is 268 g/mol. The van der Waals surface area contributed by atoms with Gasteiger partial charge in [-0.2, -0.15) is 0 Å². The first-order valence-electron chi connectivity index (χ1n) is 5.86. The van der Waals surface area contributed by atoms with E-state index in [4.69, 9.17) is 4.74 Å². The summed E-state index contributed by atoms with van der Waals surface area (Å²) in [4.78, 5) is 11.0. The smallest absolute Gasteiger partial charge is 0.154 e. The van der Waals surface area contributed by atoms with Crippen molar-refractivity contribution in [1.82, 2.24) is 0 Å². The molecule has 2 rings (SSSR count). The van der Waals surface area contributed by atoms with Crippen molar-refractivity contribution in [2.75, 3.05) is 12.9 Å². The van der Waals surface area contributed by atoms with Crippen LogP contribution in [0.5, 0.6) is 5.75 Å². The van der Waals surface area contributed by atoms with E-state index in [2.05, 4.69) is 0 Å². The van der Waals surface area contributed by atoms with Crippen LogP contribution in [0.4, 0.5) is 0 Å². The van der Waals surface area contributed by atoms with Crippen LogP contribution in [0.2, 0.25) is 0 Å². The van der Waals surface area contributed by atoms with E-state index < -0.39 is 21.0 Å². The number of aldehydes is 1. The van der Waals surface area contributed by atoms with Crippen LogP contribution in [0.15, 0.2) is 24.3 Å². The minimum Gasteiger partial charge on any atom is -0.497 e. The van der Waals surface area contributed by atoms with E-state index in [1.54, 1.807) is 26.2 Å². The van der Waals surface area contributed by atoms with Gasteiger partial charge in [-0.25, -0.2) is 8.42 Å². The number of hydrogen-bond donors (Lipinski definition) is 0. The summed E-state index contributed by atoms with van der Waals surface area (Å²) in [6.07, 6.45) is 0.757. The molecule has 18 heavy (non-hydrogen) atoms. The monoisotopic (exact) mass is 268 g/mol. The second-order valence-electron chi connectivity index (χ2n) is 4.43. The zero-order chi connectivity index (χ0) is 13.3. The van der Waals surface area contributed by atoms with Crippen LogP contribution < -0.4 is 4.74 Å². The van der Waals surface area contributed by atoms with E-state index in [0.29, 0.717) is 0 Å². The van der Waals surface area contributed by atoms with Gasteiger partial charge in [0.15, 0.2) is 9.84 Å². The highest BCUT2D eigenvalue weighted by Gasteiger charge is 2.57. The van der Waals surface area contributed by atoms with Gasteiger partial charge < -0.3 is 9.53 Å². The van der Waals surface area contributed by atoms with Crippen molar-refractivity contribution in [3.05, 3.63) is 29.8 Å². The summed E-state index contributed by atoms with van der Waals surface area (Å²) in [5.41, 5.74) is 0.884. The van der Waals surface area contributed by atoms with Gasteiger partial charge in [0.05, 0.1) is 12.4 Å². The minimum atomic E-state index is -3.16. The van der Waals surface area contributed by atoms with Crippen molar-refractivity contribution in [3.63, 3.8) is 0 Å². The molecule has 1 aromatic rings. The van der Waals surface area contributed by atoms with Crippen LogP contribution in [0.1, 0.15) is 18.4 Å². The number of ether oxygens (including phenoxy) is 1. The van der Waals surface area contributed by atoms with Crippen molar-refractivity contribution in [2.24, 2.45) is 5.92 Å². The topological polar surface area (TPSA) is 60.4 Å². The molecule has 0 bridgehead atoms. The third kappa shape index (κ3) is 2.14. The maximum atomic E-state index is 11.9. The lowest BCUT2D eigenvalue weighted by Crippen LogP contribution is -2.12. The molecule has 1 saturated carbocycles. The van der Waals surface area contributed by atoms with Gasteiger partial charge in [-0.3, -0.25) is 0 Å². The van der Waals surface area contributed by atoms with E-state index in [1.165, 1.54) is 0 Å². The van der Waals surface area contributed by atoms with Crippen molar-refractivity contribution in [3.8, 4) is 5.75 Å². The number of sulfone groups is 1. The molecule has 0 unspecified atom stereocenters. The molecular formula is C13H16O4S. The number of carbonyl (C=O) groups is 1. The molecule has 3 atom stereocenters. The maximum absolute atomic E-state index is 11.9. The highest BCUT2D eigenvalue weighted by molar-refractivity contribution is 7.92. The molecule has 1 aliphatic rings. The lowest BCUT2D eigenvalue weighted by Gasteiger charge is -2.03. The Hall–Kier alpha value is -1.36. The summed E-state index contributed by atoms with van der Waals surface area (Å²) in [5.74, 6) is 0.202. The van der Waals surface area contributed by atoms with E-state index in [-0.39, 0.29) is 11.7 Å². The molecule has 1 fully saturated rings. The predicted molar refractivity (Wildman–Crippen MR) is 68.5 cm³/mol. The third-order valence-electron chi connectivity index (χ3n) is 3.48. The Kier molecular flexibility index (Phi) is 3.43. The average Bonchev–Trinajstić information content (AvgIpc) is 3.14. The molecule has 0 aliphatic heterocycles. The minimum absolute atomic E-state index is 0.0780. The van der Waals surface area contributed by atoms with Crippen LogP contribution in [0.3, 0.4) is 0 Å². The highest BCUT2D eigenvalue weighted by atomic mass is 32.2. The lowest BCUT2D eigenvalue weighted by atomic mass is 10.1. The standard InChI is InChI=1S/C13H16O4S/c1-3-18(15,16)13-11(8-14)12(13)9-4-6-10(17-2)7-5-9/h4-8,11-13H,3H2,1-2H3/t11-,12+,13+/m1/s1. The molecule has 0 spiro atoms. The van der Waals surface area contributed by atoms with Gasteiger partial charge in [0.1, 0.15) is 12.0 Å². The number of benzene rings is 1. The molecule has 1 aromatic carbocycles. The Morgan fingerprint density at radius 3 is 2.33 bits per heavy atom. The largest absolute Gasteiger partial charge is 0.497 e. The second kappa shape index (κ2) is 4.72. The van der Waals surface area contributed by atoms with Crippen molar-refractivity contribution < 1.29 is 17.9 Å². The Morgan fingerprint density at radius 2 is 1.89 bits per heavy atom. The molecule has 5 heteroatoms. The Morgan fingerprint density at radius 1 is 1.28 bits per heavy atom. The fourth-order valence-corrected chi connectivity index (χ4v) is 4.15. The van der Waals surface area contributed by atoms with Gasteiger partial charge in [0, 0.05) is 17.6 Å². The van der Waals surface area contributed by atoms with Crippen molar-refractivity contribution in [1.29, 1.82) is 0 Å². The number of hydrogen-bond acceptors (Lipinski definition) is 4. The van der Waals surface area contributed by atoms with Crippen LogP contribution in [-0.2, 0) is 14.6 Å². The van der Waals surface area contributed by atoms with Crippen LogP contribution in [0.25, 0.3) is 0 Å². The summed E-state index contributed by atoms with van der Waals surface area (Å²) in [5, 5.41) is -0.548.